The molecule has 318 valence electrons. The number of H-pyrrole nitrogens is 1. The fourth-order valence-electron chi connectivity index (χ4n) is 11.1. The Morgan fingerprint density at radius 3 is 2.34 bits per heavy atom. The van der Waals surface area contributed by atoms with Crippen LogP contribution in [0, 0.1) is 28.1 Å². The average molecular weight is 827 g/mol. The molecule has 0 radical (unpaired) electrons. The number of ether oxygens (including phenoxy) is 1. The number of piperidine rings is 1. The van der Waals surface area contributed by atoms with Crippen molar-refractivity contribution in [3.05, 3.63) is 99.3 Å². The van der Waals surface area contributed by atoms with Gasteiger partial charge in [0.05, 0.1) is 11.1 Å². The fourth-order valence-corrected chi connectivity index (χ4v) is 11.1. The molecule has 9 rings (SSSR count). The molecule has 0 bridgehead atoms. The number of aliphatic hydroxyl groups is 1. The van der Waals surface area contributed by atoms with Crippen molar-refractivity contribution in [1.82, 2.24) is 25.4 Å². The van der Waals surface area contributed by atoms with E-state index in [1.165, 1.54) is 6.07 Å². The van der Waals surface area contributed by atoms with Crippen LogP contribution in [0.5, 0.6) is 5.75 Å². The van der Waals surface area contributed by atoms with Gasteiger partial charge in [0.2, 0.25) is 17.4 Å². The van der Waals surface area contributed by atoms with Crippen molar-refractivity contribution in [2.75, 3.05) is 55.6 Å². The first-order valence-electron chi connectivity index (χ1n) is 21.5. The third-order valence-electron chi connectivity index (χ3n) is 14.0. The molecule has 1 unspecified atom stereocenters. The molecule has 1 aromatic heterocycles. The minimum atomic E-state index is -0.865. The number of piperazine rings is 1. The largest absolute Gasteiger partial charge is 0.488 e. The van der Waals surface area contributed by atoms with E-state index in [-0.39, 0.29) is 52.7 Å². The van der Waals surface area contributed by atoms with Crippen LogP contribution in [0.25, 0.3) is 10.9 Å². The van der Waals surface area contributed by atoms with Gasteiger partial charge in [0.15, 0.2) is 0 Å². The SMILES string of the molecule is CC1(C)C(NC(O)c2ccc(N3CC[C@H](CN4CCN(c5ccc6c(c5)CN([C@H]5CCC(=O)NC5=O)C6=O)CC4)C3)cc2)C(C)(C)C1Oc1ccc(C#N)c2[nH]c(=O)ccc12. The number of nitriles is 1. The number of nitrogens with zero attached hydrogens (tertiary/aromatic N) is 5. The zero-order chi connectivity index (χ0) is 42.8. The second-order valence-corrected chi connectivity index (χ2v) is 18.7. The molecular weight excluding hydrogens is 773 g/mol. The molecule has 3 amide bonds. The Labute approximate surface area is 355 Å². The van der Waals surface area contributed by atoms with Crippen molar-refractivity contribution >= 4 is 40.0 Å². The number of nitrogens with one attached hydrogen (secondary N) is 3. The van der Waals surface area contributed by atoms with Crippen LogP contribution in [0.15, 0.2) is 71.5 Å². The Hall–Kier alpha value is -5.75. The van der Waals surface area contributed by atoms with E-state index >= 15 is 0 Å². The van der Waals surface area contributed by atoms with E-state index in [4.69, 9.17) is 4.74 Å². The van der Waals surface area contributed by atoms with E-state index in [9.17, 15) is 29.5 Å². The average Bonchev–Trinajstić information content (AvgIpc) is 3.85. The highest BCUT2D eigenvalue weighted by atomic mass is 16.5. The minimum absolute atomic E-state index is 0.0674. The highest BCUT2D eigenvalue weighted by Crippen LogP contribution is 2.56. The van der Waals surface area contributed by atoms with Gasteiger partial charge in [-0.1, -0.05) is 39.8 Å². The van der Waals surface area contributed by atoms with Crippen molar-refractivity contribution in [3.8, 4) is 11.8 Å². The summed E-state index contributed by atoms with van der Waals surface area (Å²) < 4.78 is 6.65. The zero-order valence-corrected chi connectivity index (χ0v) is 35.2. The van der Waals surface area contributed by atoms with E-state index < -0.39 is 12.3 Å². The van der Waals surface area contributed by atoms with Crippen LogP contribution in [0.4, 0.5) is 11.4 Å². The first-order chi connectivity index (χ1) is 29.2. The van der Waals surface area contributed by atoms with Gasteiger partial charge in [-0.2, -0.15) is 5.26 Å². The summed E-state index contributed by atoms with van der Waals surface area (Å²) in [5, 5.41) is 27.6. The molecule has 3 atom stereocenters. The molecule has 4 aromatic rings. The number of hydrogen-bond acceptors (Lipinski definition) is 11. The van der Waals surface area contributed by atoms with E-state index in [1.807, 2.05) is 24.3 Å². The van der Waals surface area contributed by atoms with Crippen molar-refractivity contribution in [2.24, 2.45) is 16.7 Å². The lowest BCUT2D eigenvalue weighted by molar-refractivity contribution is -0.179. The van der Waals surface area contributed by atoms with Crippen LogP contribution in [0.2, 0.25) is 0 Å². The number of pyridine rings is 1. The summed E-state index contributed by atoms with van der Waals surface area (Å²) >= 11 is 0. The van der Waals surface area contributed by atoms with Gasteiger partial charge >= 0.3 is 0 Å². The highest BCUT2D eigenvalue weighted by Gasteiger charge is 2.64. The maximum Gasteiger partial charge on any atom is 0.255 e. The second kappa shape index (κ2) is 15.6. The van der Waals surface area contributed by atoms with Crippen LogP contribution in [0.1, 0.15) is 80.2 Å². The Morgan fingerprint density at radius 2 is 1.62 bits per heavy atom. The number of imide groups is 1. The quantitative estimate of drug-likeness (QED) is 0.133. The molecule has 61 heavy (non-hydrogen) atoms. The lowest BCUT2D eigenvalue weighted by atomic mass is 9.49. The molecular formula is C47H54N8O6. The third-order valence-corrected chi connectivity index (χ3v) is 14.0. The third kappa shape index (κ3) is 7.42. The van der Waals surface area contributed by atoms with Gasteiger partial charge in [0, 0.05) is 104 Å². The summed E-state index contributed by atoms with van der Waals surface area (Å²) in [5.41, 5.74) is 4.50. The molecule has 4 fully saturated rings. The summed E-state index contributed by atoms with van der Waals surface area (Å²) in [7, 11) is 0. The maximum atomic E-state index is 13.2. The van der Waals surface area contributed by atoms with Crippen molar-refractivity contribution in [2.45, 2.75) is 77.9 Å². The highest BCUT2D eigenvalue weighted by molar-refractivity contribution is 6.05. The number of aliphatic hydroxyl groups excluding tert-OH is 1. The molecule has 3 aromatic carbocycles. The van der Waals surface area contributed by atoms with Gasteiger partial charge in [-0.3, -0.25) is 34.7 Å². The van der Waals surface area contributed by atoms with Gasteiger partial charge in [0.25, 0.3) is 5.91 Å². The van der Waals surface area contributed by atoms with Crippen molar-refractivity contribution < 1.29 is 24.2 Å². The smallest absolute Gasteiger partial charge is 0.255 e. The number of hydrogen-bond donors (Lipinski definition) is 4. The van der Waals surface area contributed by atoms with Crippen LogP contribution in [-0.2, 0) is 16.1 Å². The van der Waals surface area contributed by atoms with Gasteiger partial charge in [-0.25, -0.2) is 0 Å². The van der Waals surface area contributed by atoms with Crippen LogP contribution in [-0.4, -0.2) is 102 Å². The Kier molecular flexibility index (Phi) is 10.4. The first kappa shape index (κ1) is 40.6. The molecule has 14 heteroatoms. The first-order valence-corrected chi connectivity index (χ1v) is 21.5. The lowest BCUT2D eigenvalue weighted by Crippen LogP contribution is -2.74. The number of carbonyl (C=O) groups is 3. The second-order valence-electron chi connectivity index (χ2n) is 18.7. The monoisotopic (exact) mass is 826 g/mol. The summed E-state index contributed by atoms with van der Waals surface area (Å²) in [6.45, 7) is 15.7. The van der Waals surface area contributed by atoms with Gasteiger partial charge < -0.3 is 29.5 Å². The summed E-state index contributed by atoms with van der Waals surface area (Å²) in [4.78, 5) is 61.1. The van der Waals surface area contributed by atoms with Crippen LogP contribution >= 0.6 is 0 Å². The number of amides is 3. The van der Waals surface area contributed by atoms with E-state index in [1.54, 1.807) is 23.1 Å². The normalized spacial score (nSPS) is 25.2. The topological polar surface area (TPSA) is 174 Å². The predicted molar refractivity (Wildman–Crippen MR) is 231 cm³/mol. The zero-order valence-electron chi connectivity index (χ0n) is 35.2. The van der Waals surface area contributed by atoms with Gasteiger partial charge in [-0.15, -0.1) is 0 Å². The molecule has 1 saturated carbocycles. The molecule has 5 heterocycles. The number of benzene rings is 3. The molecule has 4 aliphatic heterocycles. The summed E-state index contributed by atoms with van der Waals surface area (Å²) in [6, 6.07) is 22.3. The number of carbonyl (C=O) groups excluding carboxylic acids is 3. The summed E-state index contributed by atoms with van der Waals surface area (Å²) in [6.07, 6.45) is 0.658. The Bertz CT molecular complexity index is 2470. The number of fused-ring (bicyclic) bond motifs is 2. The standard InChI is InChI=1S/C47H54N8O6/c1-46(2)44(47(3,4)45(46)61-37-14-7-30(24-48)40-35(37)12-15-38(56)49-40)51-41(58)29-5-8-32(9-6-29)54-18-17-28(26-54)25-52-19-21-53(22-20-52)33-10-11-34-31(23-33)27-55(43(34)60)36-13-16-39(57)50-42(36)59/h5-12,14-15,23,28,36,41,44-45,51,58H,13,16-22,25-27H2,1-4H3,(H,49,56)(H,50,57,59)/t28-,36+,41?,44?,45?/m1/s1. The van der Waals surface area contributed by atoms with Crippen LogP contribution in [0.3, 0.4) is 0 Å². The number of rotatable bonds is 10. The van der Waals surface area contributed by atoms with E-state index in [0.29, 0.717) is 46.7 Å². The number of anilines is 2. The van der Waals surface area contributed by atoms with E-state index in [2.05, 4.69) is 82.3 Å². The number of aromatic amines is 1. The molecule has 5 aliphatic rings. The van der Waals surface area contributed by atoms with E-state index in [0.717, 1.165) is 74.7 Å². The molecule has 4 N–H and O–H groups in total. The summed E-state index contributed by atoms with van der Waals surface area (Å²) in [5.74, 6) is 0.348. The van der Waals surface area contributed by atoms with Gasteiger partial charge in [0.1, 0.15) is 30.2 Å². The maximum absolute atomic E-state index is 13.2. The predicted octanol–water partition coefficient (Wildman–Crippen LogP) is 4.27. The molecule has 14 nitrogen and oxygen atoms in total. The molecule has 3 saturated heterocycles. The van der Waals surface area contributed by atoms with Gasteiger partial charge in [-0.05, 0) is 78.4 Å². The molecule has 1 aliphatic carbocycles. The fraction of sp³-hybridized carbons (Fsp3) is 0.468. The van der Waals surface area contributed by atoms with Crippen molar-refractivity contribution in [1.29, 1.82) is 5.26 Å². The van der Waals surface area contributed by atoms with Crippen molar-refractivity contribution in [3.63, 3.8) is 0 Å². The Balaban J connectivity index is 0.753. The minimum Gasteiger partial charge on any atom is -0.488 e. The van der Waals surface area contributed by atoms with Crippen LogP contribution < -0.4 is 30.7 Å². The number of aromatic nitrogens is 1. The lowest BCUT2D eigenvalue weighted by Gasteiger charge is -2.63. The Morgan fingerprint density at radius 1 is 0.885 bits per heavy atom. The molecule has 0 spiro atoms.